The van der Waals surface area contributed by atoms with Crippen LogP contribution >= 0.6 is 0 Å². The normalized spacial score (nSPS) is 21.6. The summed E-state index contributed by atoms with van der Waals surface area (Å²) in [7, 11) is 0. The second kappa shape index (κ2) is 4.79. The average molecular weight is 236 g/mol. The van der Waals surface area contributed by atoms with Gasteiger partial charge in [0.05, 0.1) is 6.61 Å². The van der Waals surface area contributed by atoms with Gasteiger partial charge in [-0.2, -0.15) is 0 Å². The summed E-state index contributed by atoms with van der Waals surface area (Å²) < 4.78 is 0. The highest BCUT2D eigenvalue weighted by atomic mass is 16.3. The Morgan fingerprint density at radius 2 is 1.61 bits per heavy atom. The molecule has 1 nitrogen and oxygen atoms in total. The Kier molecular flexibility index (Phi) is 2.99. The highest BCUT2D eigenvalue weighted by molar-refractivity contribution is 5.60. The zero-order chi connectivity index (χ0) is 12.4. The first-order valence-corrected chi connectivity index (χ1v) is 6.33. The van der Waals surface area contributed by atoms with Crippen molar-refractivity contribution in [3.63, 3.8) is 0 Å². The maximum Gasteiger partial charge on any atom is 0.0508 e. The molecule has 0 saturated heterocycles. The van der Waals surface area contributed by atoms with E-state index in [1.54, 1.807) is 0 Å². The minimum absolute atomic E-state index is 0.161. The van der Waals surface area contributed by atoms with Crippen molar-refractivity contribution in [1.82, 2.24) is 0 Å². The monoisotopic (exact) mass is 236 g/mol. The van der Waals surface area contributed by atoms with Gasteiger partial charge in [0, 0.05) is 11.8 Å². The van der Waals surface area contributed by atoms with Crippen molar-refractivity contribution < 1.29 is 5.11 Å². The smallest absolute Gasteiger partial charge is 0.0508 e. The van der Waals surface area contributed by atoms with Crippen LogP contribution in [0.4, 0.5) is 0 Å². The Bertz CT molecular complexity index is 557. The van der Waals surface area contributed by atoms with Crippen molar-refractivity contribution in [2.75, 3.05) is 6.61 Å². The van der Waals surface area contributed by atoms with Crippen molar-refractivity contribution in [2.45, 2.75) is 11.8 Å². The lowest BCUT2D eigenvalue weighted by atomic mass is 9.76. The van der Waals surface area contributed by atoms with E-state index < -0.39 is 0 Å². The number of benzene rings is 2. The summed E-state index contributed by atoms with van der Waals surface area (Å²) in [5.74, 6) is 0.430. The first kappa shape index (κ1) is 11.2. The van der Waals surface area contributed by atoms with E-state index in [9.17, 15) is 5.11 Å². The third-order valence-corrected chi connectivity index (χ3v) is 3.69. The highest BCUT2D eigenvalue weighted by Crippen LogP contribution is 2.39. The SMILES string of the molecule is OC[C@@H]1c2ccccc2C=C[C@H]1c1ccccc1. The third kappa shape index (κ3) is 1.87. The van der Waals surface area contributed by atoms with Crippen LogP contribution in [0.25, 0.3) is 6.08 Å². The Labute approximate surface area is 107 Å². The first-order valence-electron chi connectivity index (χ1n) is 6.33. The summed E-state index contributed by atoms with van der Waals surface area (Å²) in [6, 6.07) is 18.7. The molecule has 0 aromatic heterocycles. The fourth-order valence-corrected chi connectivity index (χ4v) is 2.77. The molecule has 0 spiro atoms. The summed E-state index contributed by atoms with van der Waals surface area (Å²) in [5, 5.41) is 9.74. The summed E-state index contributed by atoms with van der Waals surface area (Å²) in [5.41, 5.74) is 3.74. The summed E-state index contributed by atoms with van der Waals surface area (Å²) in [6.07, 6.45) is 4.37. The van der Waals surface area contributed by atoms with Gasteiger partial charge in [0.2, 0.25) is 0 Å². The molecule has 18 heavy (non-hydrogen) atoms. The molecule has 0 fully saturated rings. The van der Waals surface area contributed by atoms with Crippen LogP contribution in [-0.2, 0) is 0 Å². The van der Waals surface area contributed by atoms with Gasteiger partial charge >= 0.3 is 0 Å². The maximum absolute atomic E-state index is 9.74. The van der Waals surface area contributed by atoms with Crippen LogP contribution < -0.4 is 0 Å². The third-order valence-electron chi connectivity index (χ3n) is 3.69. The van der Waals surface area contributed by atoms with Gasteiger partial charge in [-0.25, -0.2) is 0 Å². The lowest BCUT2D eigenvalue weighted by Crippen LogP contribution is -2.17. The molecule has 0 saturated carbocycles. The van der Waals surface area contributed by atoms with Crippen molar-refractivity contribution in [1.29, 1.82) is 0 Å². The standard InChI is InChI=1S/C17H16O/c18-12-17-15-9-5-4-8-14(15)10-11-16(17)13-6-2-1-3-7-13/h1-11,16-18H,12H2/t16-,17+/m0/s1. The molecule has 90 valence electrons. The quantitative estimate of drug-likeness (QED) is 0.845. The molecule has 0 aliphatic heterocycles. The zero-order valence-electron chi connectivity index (χ0n) is 10.2. The molecule has 0 bridgehead atoms. The van der Waals surface area contributed by atoms with Gasteiger partial charge in [-0.3, -0.25) is 0 Å². The van der Waals surface area contributed by atoms with E-state index in [0.29, 0.717) is 0 Å². The van der Waals surface area contributed by atoms with Crippen molar-refractivity contribution in [3.05, 3.63) is 77.4 Å². The molecule has 1 aliphatic rings. The van der Waals surface area contributed by atoms with Crippen molar-refractivity contribution in [3.8, 4) is 0 Å². The van der Waals surface area contributed by atoms with Crippen molar-refractivity contribution in [2.24, 2.45) is 0 Å². The van der Waals surface area contributed by atoms with Gasteiger partial charge in [-0.05, 0) is 16.7 Å². The molecule has 0 heterocycles. The molecule has 0 unspecified atom stereocenters. The number of fused-ring (bicyclic) bond motifs is 1. The molecule has 1 N–H and O–H groups in total. The molecule has 2 atom stereocenters. The van der Waals surface area contributed by atoms with Crippen LogP contribution in [0.2, 0.25) is 0 Å². The maximum atomic E-state index is 9.74. The van der Waals surface area contributed by atoms with E-state index in [4.69, 9.17) is 0 Å². The average Bonchev–Trinajstić information content (AvgIpc) is 2.47. The molecular formula is C17H16O. The van der Waals surface area contributed by atoms with Crippen LogP contribution in [0.5, 0.6) is 0 Å². The lowest BCUT2D eigenvalue weighted by molar-refractivity contribution is 0.256. The fraction of sp³-hybridized carbons (Fsp3) is 0.176. The number of aliphatic hydroxyl groups excluding tert-OH is 1. The Morgan fingerprint density at radius 1 is 0.889 bits per heavy atom. The number of allylic oxidation sites excluding steroid dienone is 1. The Morgan fingerprint density at radius 3 is 2.39 bits per heavy atom. The van der Waals surface area contributed by atoms with Gasteiger partial charge in [-0.15, -0.1) is 0 Å². The number of hydrogen-bond donors (Lipinski definition) is 1. The number of rotatable bonds is 2. The Hall–Kier alpha value is -1.86. The van der Waals surface area contributed by atoms with E-state index in [1.165, 1.54) is 16.7 Å². The zero-order valence-corrected chi connectivity index (χ0v) is 10.2. The van der Waals surface area contributed by atoms with Gasteiger partial charge < -0.3 is 5.11 Å². The van der Waals surface area contributed by atoms with Crippen LogP contribution in [0, 0.1) is 0 Å². The molecule has 0 radical (unpaired) electrons. The molecule has 2 aromatic carbocycles. The predicted octanol–water partition coefficient (Wildman–Crippen LogP) is 3.57. The van der Waals surface area contributed by atoms with Crippen LogP contribution in [0.15, 0.2) is 60.7 Å². The molecule has 3 rings (SSSR count). The summed E-state index contributed by atoms with van der Waals surface area (Å²) in [4.78, 5) is 0. The lowest BCUT2D eigenvalue weighted by Gasteiger charge is -2.28. The van der Waals surface area contributed by atoms with E-state index in [-0.39, 0.29) is 18.4 Å². The molecule has 2 aromatic rings. The van der Waals surface area contributed by atoms with E-state index >= 15 is 0 Å². The van der Waals surface area contributed by atoms with Gasteiger partial charge in [0.1, 0.15) is 0 Å². The van der Waals surface area contributed by atoms with E-state index in [0.717, 1.165) is 0 Å². The highest BCUT2D eigenvalue weighted by Gasteiger charge is 2.26. The Balaban J connectivity index is 2.05. The molecule has 0 amide bonds. The predicted molar refractivity (Wildman–Crippen MR) is 74.5 cm³/mol. The van der Waals surface area contributed by atoms with Crippen LogP contribution in [0.1, 0.15) is 28.5 Å². The van der Waals surface area contributed by atoms with Crippen LogP contribution in [-0.4, -0.2) is 11.7 Å². The van der Waals surface area contributed by atoms with Crippen LogP contribution in [0.3, 0.4) is 0 Å². The fourth-order valence-electron chi connectivity index (χ4n) is 2.77. The van der Waals surface area contributed by atoms with E-state index in [1.807, 2.05) is 18.2 Å². The molecular weight excluding hydrogens is 220 g/mol. The summed E-state index contributed by atoms with van der Waals surface area (Å²) in [6.45, 7) is 0.181. The minimum atomic E-state index is 0.161. The topological polar surface area (TPSA) is 20.2 Å². The van der Waals surface area contributed by atoms with Gasteiger partial charge in [0.25, 0.3) is 0 Å². The number of hydrogen-bond acceptors (Lipinski definition) is 1. The van der Waals surface area contributed by atoms with Gasteiger partial charge in [-0.1, -0.05) is 66.7 Å². The molecule has 1 heteroatoms. The number of aliphatic hydroxyl groups is 1. The summed E-state index contributed by atoms with van der Waals surface area (Å²) >= 11 is 0. The van der Waals surface area contributed by atoms with E-state index in [2.05, 4.69) is 48.6 Å². The molecule has 1 aliphatic carbocycles. The largest absolute Gasteiger partial charge is 0.396 e. The van der Waals surface area contributed by atoms with Crippen molar-refractivity contribution >= 4 is 6.08 Å². The second-order valence-corrected chi connectivity index (χ2v) is 4.71. The minimum Gasteiger partial charge on any atom is -0.396 e. The first-order chi connectivity index (χ1) is 8.90. The second-order valence-electron chi connectivity index (χ2n) is 4.71. The van der Waals surface area contributed by atoms with Gasteiger partial charge in [0.15, 0.2) is 0 Å².